The molecule has 3 rings (SSSR count). The number of amides is 1. The Labute approximate surface area is 168 Å². The summed E-state index contributed by atoms with van der Waals surface area (Å²) in [5.41, 5.74) is 1.13. The highest BCUT2D eigenvalue weighted by Gasteiger charge is 2.32. The Morgan fingerprint density at radius 1 is 1.19 bits per heavy atom. The number of hydrogen-bond acceptors (Lipinski definition) is 4. The van der Waals surface area contributed by atoms with Crippen LogP contribution in [0.1, 0.15) is 38.2 Å². The lowest BCUT2D eigenvalue weighted by Crippen LogP contribution is -2.50. The SMILES string of the molecule is CC(C)c1ccc(S(=O)(=O)N2CCC(C(=O)NCC3CNC3)CC2)cc1.Cl. The smallest absolute Gasteiger partial charge is 0.243 e. The van der Waals surface area contributed by atoms with E-state index in [1.165, 1.54) is 4.31 Å². The molecular weight excluding hydrogens is 386 g/mol. The summed E-state index contributed by atoms with van der Waals surface area (Å²) in [7, 11) is -3.48. The molecule has 1 aromatic carbocycles. The van der Waals surface area contributed by atoms with Crippen molar-refractivity contribution in [2.24, 2.45) is 11.8 Å². The molecule has 0 spiro atoms. The van der Waals surface area contributed by atoms with E-state index in [-0.39, 0.29) is 24.2 Å². The van der Waals surface area contributed by atoms with E-state index in [4.69, 9.17) is 0 Å². The molecule has 2 fully saturated rings. The zero-order chi connectivity index (χ0) is 18.7. The van der Waals surface area contributed by atoms with Crippen molar-refractivity contribution in [1.82, 2.24) is 14.9 Å². The third-order valence-corrected chi connectivity index (χ3v) is 7.35. The van der Waals surface area contributed by atoms with Gasteiger partial charge in [-0.15, -0.1) is 12.4 Å². The summed E-state index contributed by atoms with van der Waals surface area (Å²) < 4.78 is 27.2. The van der Waals surface area contributed by atoms with Gasteiger partial charge in [0.15, 0.2) is 0 Å². The van der Waals surface area contributed by atoms with Gasteiger partial charge < -0.3 is 10.6 Å². The number of halogens is 1. The first kappa shape index (κ1) is 22.1. The largest absolute Gasteiger partial charge is 0.355 e. The molecule has 152 valence electrons. The molecule has 0 aliphatic carbocycles. The number of hydrogen-bond donors (Lipinski definition) is 2. The molecule has 0 radical (unpaired) electrons. The minimum absolute atomic E-state index is 0. The van der Waals surface area contributed by atoms with Gasteiger partial charge in [0.05, 0.1) is 4.90 Å². The number of nitrogens with zero attached hydrogens (tertiary/aromatic N) is 1. The number of sulfonamides is 1. The van der Waals surface area contributed by atoms with E-state index in [0.717, 1.165) is 18.7 Å². The number of nitrogens with one attached hydrogen (secondary N) is 2. The lowest BCUT2D eigenvalue weighted by Gasteiger charge is -2.32. The normalized spacial score (nSPS) is 19.4. The Bertz CT molecular complexity index is 725. The van der Waals surface area contributed by atoms with E-state index in [9.17, 15) is 13.2 Å². The van der Waals surface area contributed by atoms with Crippen LogP contribution >= 0.6 is 12.4 Å². The highest BCUT2D eigenvalue weighted by Crippen LogP contribution is 2.25. The summed E-state index contributed by atoms with van der Waals surface area (Å²) in [5.74, 6) is 0.887. The summed E-state index contributed by atoms with van der Waals surface area (Å²) in [6.07, 6.45) is 1.16. The van der Waals surface area contributed by atoms with Gasteiger partial charge in [-0.25, -0.2) is 8.42 Å². The molecule has 1 aromatic rings. The average molecular weight is 416 g/mol. The molecule has 2 aliphatic heterocycles. The number of benzene rings is 1. The molecule has 0 bridgehead atoms. The van der Waals surface area contributed by atoms with E-state index >= 15 is 0 Å². The highest BCUT2D eigenvalue weighted by atomic mass is 35.5. The summed E-state index contributed by atoms with van der Waals surface area (Å²) in [6.45, 7) is 7.61. The van der Waals surface area contributed by atoms with Crippen LogP contribution in [0.5, 0.6) is 0 Å². The Hall–Kier alpha value is -1.15. The monoisotopic (exact) mass is 415 g/mol. The van der Waals surface area contributed by atoms with Gasteiger partial charge >= 0.3 is 0 Å². The molecule has 0 aromatic heterocycles. The fourth-order valence-electron chi connectivity index (χ4n) is 3.41. The first-order chi connectivity index (χ1) is 12.4. The average Bonchev–Trinajstić information content (AvgIpc) is 2.60. The molecule has 0 saturated carbocycles. The summed E-state index contributed by atoms with van der Waals surface area (Å²) >= 11 is 0. The Morgan fingerprint density at radius 2 is 1.78 bits per heavy atom. The van der Waals surface area contributed by atoms with E-state index in [2.05, 4.69) is 24.5 Å². The lowest BCUT2D eigenvalue weighted by molar-refractivity contribution is -0.126. The van der Waals surface area contributed by atoms with Crippen molar-refractivity contribution in [3.05, 3.63) is 29.8 Å². The minimum Gasteiger partial charge on any atom is -0.355 e. The van der Waals surface area contributed by atoms with Crippen LogP contribution in [0, 0.1) is 11.8 Å². The molecule has 0 atom stereocenters. The van der Waals surface area contributed by atoms with Crippen LogP contribution in [0.2, 0.25) is 0 Å². The molecule has 2 saturated heterocycles. The van der Waals surface area contributed by atoms with Crippen LogP contribution < -0.4 is 10.6 Å². The zero-order valence-electron chi connectivity index (χ0n) is 16.0. The number of carbonyl (C=O) groups excluding carboxylic acids is 1. The second-order valence-corrected chi connectivity index (χ2v) is 9.61. The molecule has 2 aliphatic rings. The van der Waals surface area contributed by atoms with Gasteiger partial charge in [0.25, 0.3) is 0 Å². The maximum Gasteiger partial charge on any atom is 0.243 e. The molecular formula is C19H30ClN3O3S. The van der Waals surface area contributed by atoms with Crippen molar-refractivity contribution in [1.29, 1.82) is 0 Å². The van der Waals surface area contributed by atoms with Crippen molar-refractivity contribution in [3.63, 3.8) is 0 Å². The summed E-state index contributed by atoms with van der Waals surface area (Å²) in [6, 6.07) is 7.15. The fourth-order valence-corrected chi connectivity index (χ4v) is 4.88. The zero-order valence-corrected chi connectivity index (χ0v) is 17.6. The van der Waals surface area contributed by atoms with Crippen LogP contribution in [0.4, 0.5) is 0 Å². The van der Waals surface area contributed by atoms with Crippen LogP contribution in [-0.2, 0) is 14.8 Å². The number of carbonyl (C=O) groups is 1. The predicted molar refractivity (Wildman–Crippen MR) is 109 cm³/mol. The van der Waals surface area contributed by atoms with Crippen LogP contribution in [0.25, 0.3) is 0 Å². The van der Waals surface area contributed by atoms with Crippen molar-refractivity contribution in [3.8, 4) is 0 Å². The van der Waals surface area contributed by atoms with Gasteiger partial charge in [0, 0.05) is 44.6 Å². The predicted octanol–water partition coefficient (Wildman–Crippen LogP) is 1.97. The van der Waals surface area contributed by atoms with E-state index in [1.807, 2.05) is 12.1 Å². The third-order valence-electron chi connectivity index (χ3n) is 5.44. The number of piperidine rings is 1. The molecule has 6 nitrogen and oxygen atoms in total. The molecule has 8 heteroatoms. The molecule has 0 unspecified atom stereocenters. The number of rotatable bonds is 6. The van der Waals surface area contributed by atoms with Crippen molar-refractivity contribution >= 4 is 28.3 Å². The van der Waals surface area contributed by atoms with Crippen molar-refractivity contribution in [2.45, 2.75) is 37.5 Å². The summed E-state index contributed by atoms with van der Waals surface area (Å²) in [5, 5.41) is 6.20. The van der Waals surface area contributed by atoms with Crippen LogP contribution in [0.3, 0.4) is 0 Å². The van der Waals surface area contributed by atoms with Crippen LogP contribution in [0.15, 0.2) is 29.2 Å². The topological polar surface area (TPSA) is 78.5 Å². The Kier molecular flexibility index (Phi) is 7.68. The molecule has 27 heavy (non-hydrogen) atoms. The van der Waals surface area contributed by atoms with Crippen molar-refractivity contribution in [2.75, 3.05) is 32.7 Å². The maximum atomic E-state index is 12.8. The Morgan fingerprint density at radius 3 is 2.26 bits per heavy atom. The molecule has 2 N–H and O–H groups in total. The van der Waals surface area contributed by atoms with Crippen molar-refractivity contribution < 1.29 is 13.2 Å². The van der Waals surface area contributed by atoms with Gasteiger partial charge in [-0.2, -0.15) is 4.31 Å². The van der Waals surface area contributed by atoms with Gasteiger partial charge in [-0.05, 0) is 36.5 Å². The summed E-state index contributed by atoms with van der Waals surface area (Å²) in [4.78, 5) is 12.6. The van der Waals surface area contributed by atoms with E-state index < -0.39 is 10.0 Å². The third kappa shape index (κ3) is 5.22. The first-order valence-electron chi connectivity index (χ1n) is 9.46. The molecule has 1 amide bonds. The quantitative estimate of drug-likeness (QED) is 0.744. The highest BCUT2D eigenvalue weighted by molar-refractivity contribution is 7.89. The lowest BCUT2D eigenvalue weighted by atomic mass is 9.96. The molecule has 2 heterocycles. The second-order valence-electron chi connectivity index (χ2n) is 7.67. The first-order valence-corrected chi connectivity index (χ1v) is 10.9. The fraction of sp³-hybridized carbons (Fsp3) is 0.632. The van der Waals surface area contributed by atoms with Crippen LogP contribution in [-0.4, -0.2) is 51.4 Å². The standard InChI is InChI=1S/C19H29N3O3S.ClH/c1-14(2)16-3-5-18(6-4-16)26(24,25)22-9-7-17(8-10-22)19(23)21-13-15-11-20-12-15;/h3-6,14-15,17,20H,7-13H2,1-2H3,(H,21,23);1H. The Balaban J connectivity index is 0.00000261. The second kappa shape index (κ2) is 9.37. The van der Waals surface area contributed by atoms with Gasteiger partial charge in [-0.1, -0.05) is 26.0 Å². The van der Waals surface area contributed by atoms with Gasteiger partial charge in [0.1, 0.15) is 0 Å². The van der Waals surface area contributed by atoms with E-state index in [0.29, 0.717) is 49.2 Å². The minimum atomic E-state index is -3.48. The maximum absolute atomic E-state index is 12.8. The van der Waals surface area contributed by atoms with Gasteiger partial charge in [-0.3, -0.25) is 4.79 Å². The van der Waals surface area contributed by atoms with E-state index in [1.54, 1.807) is 12.1 Å². The van der Waals surface area contributed by atoms with Gasteiger partial charge in [0.2, 0.25) is 15.9 Å².